The monoisotopic (exact) mass is 323 g/mol. The molecule has 0 aliphatic heterocycles. The zero-order valence-corrected chi connectivity index (χ0v) is 13.5. The number of benzene rings is 1. The smallest absolute Gasteiger partial charge is 0.175 e. The van der Waals surface area contributed by atoms with Crippen LogP contribution in [-0.2, 0) is 16.4 Å². The van der Waals surface area contributed by atoms with Crippen molar-refractivity contribution in [3.63, 3.8) is 0 Å². The van der Waals surface area contributed by atoms with Crippen molar-refractivity contribution >= 4 is 9.84 Å². The zero-order chi connectivity index (χ0) is 16.2. The SMILES string of the molecule is C[C@@H](Cn1cccn1)NC[C@H](O)c1ccc(S(C)(=O)=O)cc1. The third-order valence-corrected chi connectivity index (χ3v) is 4.50. The highest BCUT2D eigenvalue weighted by Gasteiger charge is 2.12. The predicted octanol–water partition coefficient (Wildman–Crippen LogP) is 0.998. The number of hydrogen-bond acceptors (Lipinski definition) is 5. The molecule has 120 valence electrons. The minimum atomic E-state index is -3.21. The van der Waals surface area contributed by atoms with Gasteiger partial charge in [-0.1, -0.05) is 12.1 Å². The van der Waals surface area contributed by atoms with Crippen molar-refractivity contribution in [3.8, 4) is 0 Å². The fraction of sp³-hybridized carbons (Fsp3) is 0.400. The molecule has 7 heteroatoms. The molecule has 1 heterocycles. The summed E-state index contributed by atoms with van der Waals surface area (Å²) in [7, 11) is -3.21. The Hall–Kier alpha value is -1.70. The molecule has 2 aromatic rings. The largest absolute Gasteiger partial charge is 0.387 e. The van der Waals surface area contributed by atoms with E-state index in [0.29, 0.717) is 18.7 Å². The second kappa shape index (κ2) is 7.04. The van der Waals surface area contributed by atoms with Gasteiger partial charge in [-0.25, -0.2) is 8.42 Å². The third kappa shape index (κ3) is 4.66. The average Bonchev–Trinajstić information content (AvgIpc) is 2.97. The second-order valence-electron chi connectivity index (χ2n) is 5.39. The van der Waals surface area contributed by atoms with E-state index >= 15 is 0 Å². The van der Waals surface area contributed by atoms with Crippen LogP contribution in [0.25, 0.3) is 0 Å². The topological polar surface area (TPSA) is 84.2 Å². The molecule has 22 heavy (non-hydrogen) atoms. The molecule has 0 spiro atoms. The van der Waals surface area contributed by atoms with E-state index in [1.807, 2.05) is 23.9 Å². The molecule has 0 bridgehead atoms. The lowest BCUT2D eigenvalue weighted by atomic mass is 10.1. The van der Waals surface area contributed by atoms with Gasteiger partial charge in [-0.05, 0) is 30.7 Å². The Balaban J connectivity index is 1.88. The molecule has 6 nitrogen and oxygen atoms in total. The highest BCUT2D eigenvalue weighted by atomic mass is 32.2. The molecule has 2 rings (SSSR count). The molecule has 0 fully saturated rings. The van der Waals surface area contributed by atoms with E-state index < -0.39 is 15.9 Å². The Morgan fingerprint density at radius 3 is 2.55 bits per heavy atom. The van der Waals surface area contributed by atoms with Gasteiger partial charge in [-0.2, -0.15) is 5.10 Å². The Morgan fingerprint density at radius 2 is 2.00 bits per heavy atom. The third-order valence-electron chi connectivity index (χ3n) is 3.37. The van der Waals surface area contributed by atoms with Gasteiger partial charge < -0.3 is 10.4 Å². The summed E-state index contributed by atoms with van der Waals surface area (Å²) in [6, 6.07) is 8.33. The molecule has 0 aliphatic carbocycles. The van der Waals surface area contributed by atoms with Crippen LogP contribution in [0.1, 0.15) is 18.6 Å². The molecule has 1 aromatic heterocycles. The molecule has 0 saturated carbocycles. The van der Waals surface area contributed by atoms with E-state index in [0.717, 1.165) is 6.26 Å². The van der Waals surface area contributed by atoms with Gasteiger partial charge in [-0.15, -0.1) is 0 Å². The van der Waals surface area contributed by atoms with E-state index in [4.69, 9.17) is 0 Å². The maximum absolute atomic E-state index is 11.4. The summed E-state index contributed by atoms with van der Waals surface area (Å²) in [4.78, 5) is 0.253. The molecular formula is C15H21N3O3S. The van der Waals surface area contributed by atoms with Crippen molar-refractivity contribution in [2.24, 2.45) is 0 Å². The number of sulfone groups is 1. The Bertz CT molecular complexity index is 681. The highest BCUT2D eigenvalue weighted by Crippen LogP contribution is 2.16. The molecular weight excluding hydrogens is 302 g/mol. The normalized spacial score (nSPS) is 14.7. The van der Waals surface area contributed by atoms with Crippen LogP contribution in [0.4, 0.5) is 0 Å². The van der Waals surface area contributed by atoms with Crippen LogP contribution >= 0.6 is 0 Å². The fourth-order valence-electron chi connectivity index (χ4n) is 2.12. The van der Waals surface area contributed by atoms with Crippen LogP contribution in [0.3, 0.4) is 0 Å². The fourth-order valence-corrected chi connectivity index (χ4v) is 2.75. The molecule has 2 atom stereocenters. The lowest BCUT2D eigenvalue weighted by Gasteiger charge is -2.17. The van der Waals surface area contributed by atoms with Gasteiger partial charge in [0.15, 0.2) is 9.84 Å². The minimum absolute atomic E-state index is 0.157. The Morgan fingerprint density at radius 1 is 1.32 bits per heavy atom. The first kappa shape index (κ1) is 16.7. The van der Waals surface area contributed by atoms with Gasteiger partial charge in [0, 0.05) is 31.2 Å². The zero-order valence-electron chi connectivity index (χ0n) is 12.7. The van der Waals surface area contributed by atoms with Crippen molar-refractivity contribution in [2.45, 2.75) is 30.5 Å². The van der Waals surface area contributed by atoms with Crippen molar-refractivity contribution in [1.82, 2.24) is 15.1 Å². The first-order valence-electron chi connectivity index (χ1n) is 7.05. The summed E-state index contributed by atoms with van der Waals surface area (Å²) < 4.78 is 24.6. The van der Waals surface area contributed by atoms with E-state index in [9.17, 15) is 13.5 Å². The van der Waals surface area contributed by atoms with Crippen LogP contribution < -0.4 is 5.32 Å². The number of aliphatic hydroxyl groups excluding tert-OH is 1. The summed E-state index contributed by atoms with van der Waals surface area (Å²) in [6.07, 6.45) is 4.09. The lowest BCUT2D eigenvalue weighted by Crippen LogP contribution is -2.33. The van der Waals surface area contributed by atoms with E-state index in [1.165, 1.54) is 12.1 Å². The first-order chi connectivity index (χ1) is 10.4. The molecule has 0 aliphatic rings. The van der Waals surface area contributed by atoms with Gasteiger partial charge in [0.05, 0.1) is 17.5 Å². The van der Waals surface area contributed by atoms with Crippen molar-refractivity contribution in [2.75, 3.05) is 12.8 Å². The lowest BCUT2D eigenvalue weighted by molar-refractivity contribution is 0.169. The summed E-state index contributed by atoms with van der Waals surface area (Å²) in [5, 5.41) is 17.5. The predicted molar refractivity (Wildman–Crippen MR) is 84.2 cm³/mol. The average molecular weight is 323 g/mol. The van der Waals surface area contributed by atoms with Gasteiger partial charge in [0.2, 0.25) is 0 Å². The number of hydrogen-bond donors (Lipinski definition) is 2. The summed E-state index contributed by atoms with van der Waals surface area (Å²) in [6.45, 7) is 3.12. The van der Waals surface area contributed by atoms with Crippen molar-refractivity contribution in [3.05, 3.63) is 48.3 Å². The summed E-state index contributed by atoms with van der Waals surface area (Å²) >= 11 is 0. The Kier molecular flexibility index (Phi) is 5.33. The van der Waals surface area contributed by atoms with E-state index in [1.54, 1.807) is 18.3 Å². The molecule has 0 amide bonds. The van der Waals surface area contributed by atoms with Gasteiger partial charge >= 0.3 is 0 Å². The molecule has 1 aromatic carbocycles. The molecule has 0 unspecified atom stereocenters. The maximum atomic E-state index is 11.4. The minimum Gasteiger partial charge on any atom is -0.387 e. The Labute approximate surface area is 130 Å². The van der Waals surface area contributed by atoms with Gasteiger partial charge in [-0.3, -0.25) is 4.68 Å². The van der Waals surface area contributed by atoms with Crippen LogP contribution in [-0.4, -0.2) is 42.1 Å². The summed E-state index contributed by atoms with van der Waals surface area (Å²) in [5.41, 5.74) is 0.686. The van der Waals surface area contributed by atoms with Crippen LogP contribution in [0.2, 0.25) is 0 Å². The molecule has 2 N–H and O–H groups in total. The standard InChI is InChI=1S/C15H21N3O3S/c1-12(11-18-9-3-8-17-18)16-10-15(19)13-4-6-14(7-5-13)22(2,20)21/h3-9,12,15-16,19H,10-11H2,1-2H3/t12-,15-/m0/s1. The number of aromatic nitrogens is 2. The van der Waals surface area contributed by atoms with Gasteiger partial charge in [0.1, 0.15) is 0 Å². The summed E-state index contributed by atoms with van der Waals surface area (Å²) in [5.74, 6) is 0. The number of rotatable bonds is 7. The second-order valence-corrected chi connectivity index (χ2v) is 7.41. The van der Waals surface area contributed by atoms with Crippen molar-refractivity contribution in [1.29, 1.82) is 0 Å². The molecule has 0 saturated heterocycles. The first-order valence-corrected chi connectivity index (χ1v) is 8.94. The van der Waals surface area contributed by atoms with Crippen LogP contribution in [0.15, 0.2) is 47.6 Å². The van der Waals surface area contributed by atoms with Crippen LogP contribution in [0, 0.1) is 0 Å². The van der Waals surface area contributed by atoms with Crippen LogP contribution in [0.5, 0.6) is 0 Å². The quantitative estimate of drug-likeness (QED) is 0.794. The maximum Gasteiger partial charge on any atom is 0.175 e. The molecule has 0 radical (unpaired) electrons. The number of aliphatic hydroxyl groups is 1. The van der Waals surface area contributed by atoms with E-state index in [2.05, 4.69) is 10.4 Å². The highest BCUT2D eigenvalue weighted by molar-refractivity contribution is 7.90. The number of nitrogens with one attached hydrogen (secondary N) is 1. The number of nitrogens with zero attached hydrogens (tertiary/aromatic N) is 2. The van der Waals surface area contributed by atoms with E-state index in [-0.39, 0.29) is 10.9 Å². The van der Waals surface area contributed by atoms with Crippen molar-refractivity contribution < 1.29 is 13.5 Å². The van der Waals surface area contributed by atoms with Gasteiger partial charge in [0.25, 0.3) is 0 Å².